The number of hydrogen-bond acceptors (Lipinski definition) is 4. The van der Waals surface area contributed by atoms with Gasteiger partial charge in [0.2, 0.25) is 0 Å². The van der Waals surface area contributed by atoms with Gasteiger partial charge >= 0.3 is 5.97 Å². The van der Waals surface area contributed by atoms with Crippen LogP contribution in [0, 0.1) is 0 Å². The predicted molar refractivity (Wildman–Crippen MR) is 75.2 cm³/mol. The van der Waals surface area contributed by atoms with Crippen molar-refractivity contribution in [2.24, 2.45) is 0 Å². The van der Waals surface area contributed by atoms with Crippen molar-refractivity contribution in [3.05, 3.63) is 34.9 Å². The number of carbonyl (C=O) groups excluding carboxylic acids is 1. The van der Waals surface area contributed by atoms with E-state index in [0.29, 0.717) is 19.6 Å². The van der Waals surface area contributed by atoms with Gasteiger partial charge in [-0.15, -0.1) is 0 Å². The third kappa shape index (κ3) is 6.57. The lowest BCUT2D eigenvalue weighted by Gasteiger charge is -2.21. The first kappa shape index (κ1) is 16.0. The molecule has 1 aromatic rings. The van der Waals surface area contributed by atoms with Crippen LogP contribution in [0.25, 0.3) is 0 Å². The molecule has 0 aromatic heterocycles. The second kappa shape index (κ2) is 8.91. The van der Waals surface area contributed by atoms with Gasteiger partial charge in [-0.2, -0.15) is 0 Å². The first-order valence-electron chi connectivity index (χ1n) is 6.18. The van der Waals surface area contributed by atoms with E-state index < -0.39 is 0 Å². The average molecular weight is 286 g/mol. The predicted octanol–water partition coefficient (Wildman–Crippen LogP) is 2.35. The van der Waals surface area contributed by atoms with E-state index in [0.717, 1.165) is 23.7 Å². The zero-order chi connectivity index (χ0) is 14.1. The molecule has 0 saturated carbocycles. The number of hydrogen-bond donors (Lipinski definition) is 0. The molecule has 0 amide bonds. The second-order valence-corrected chi connectivity index (χ2v) is 4.66. The molecule has 1 aromatic carbocycles. The molecule has 106 valence electrons. The fourth-order valence-corrected chi connectivity index (χ4v) is 1.82. The standard InChI is InChI=1S/C14H20ClNO3/c1-18-10-9-16(8-7-14(17)19-2)11-12-3-5-13(15)6-4-12/h3-6H,7-11H2,1-2H3. The minimum Gasteiger partial charge on any atom is -0.469 e. The van der Waals surface area contributed by atoms with Crippen molar-refractivity contribution in [2.75, 3.05) is 33.9 Å². The number of esters is 1. The first-order chi connectivity index (χ1) is 9.15. The Balaban J connectivity index is 2.52. The van der Waals surface area contributed by atoms with Gasteiger partial charge in [-0.25, -0.2) is 0 Å². The summed E-state index contributed by atoms with van der Waals surface area (Å²) >= 11 is 5.86. The van der Waals surface area contributed by atoms with Crippen molar-refractivity contribution >= 4 is 17.6 Å². The van der Waals surface area contributed by atoms with Gasteiger partial charge < -0.3 is 9.47 Å². The number of rotatable bonds is 8. The zero-order valence-electron chi connectivity index (χ0n) is 11.4. The Morgan fingerprint density at radius 3 is 2.47 bits per heavy atom. The maximum Gasteiger partial charge on any atom is 0.306 e. The van der Waals surface area contributed by atoms with Gasteiger partial charge in [0.05, 0.1) is 20.1 Å². The summed E-state index contributed by atoms with van der Waals surface area (Å²) in [7, 11) is 3.07. The Morgan fingerprint density at radius 1 is 1.21 bits per heavy atom. The van der Waals surface area contributed by atoms with Crippen LogP contribution in [0.1, 0.15) is 12.0 Å². The van der Waals surface area contributed by atoms with Crippen molar-refractivity contribution in [3.8, 4) is 0 Å². The second-order valence-electron chi connectivity index (χ2n) is 4.22. The molecule has 0 spiro atoms. The Labute approximate surface area is 119 Å². The number of halogens is 1. The normalized spacial score (nSPS) is 10.7. The van der Waals surface area contributed by atoms with Gasteiger partial charge in [-0.05, 0) is 17.7 Å². The van der Waals surface area contributed by atoms with Gasteiger partial charge in [0.1, 0.15) is 0 Å². The molecule has 0 unspecified atom stereocenters. The molecular weight excluding hydrogens is 266 g/mol. The lowest BCUT2D eigenvalue weighted by Crippen LogP contribution is -2.29. The molecule has 0 radical (unpaired) electrons. The summed E-state index contributed by atoms with van der Waals surface area (Å²) in [5, 5.41) is 0.724. The van der Waals surface area contributed by atoms with E-state index in [4.69, 9.17) is 16.3 Å². The molecule has 5 heteroatoms. The van der Waals surface area contributed by atoms with Crippen LogP contribution in [0.4, 0.5) is 0 Å². The van der Waals surface area contributed by atoms with Crippen molar-refractivity contribution in [1.82, 2.24) is 4.90 Å². The minimum absolute atomic E-state index is 0.196. The topological polar surface area (TPSA) is 38.8 Å². The third-order valence-electron chi connectivity index (χ3n) is 2.79. The van der Waals surface area contributed by atoms with Crippen LogP contribution in [0.5, 0.6) is 0 Å². The average Bonchev–Trinajstić information content (AvgIpc) is 2.43. The smallest absolute Gasteiger partial charge is 0.306 e. The number of carbonyl (C=O) groups is 1. The lowest BCUT2D eigenvalue weighted by molar-refractivity contribution is -0.141. The maximum absolute atomic E-state index is 11.2. The number of methoxy groups -OCH3 is 2. The summed E-state index contributed by atoms with van der Waals surface area (Å²) in [6, 6.07) is 7.71. The van der Waals surface area contributed by atoms with Crippen LogP contribution in [0.15, 0.2) is 24.3 Å². The molecule has 0 aliphatic carbocycles. The van der Waals surface area contributed by atoms with E-state index in [1.165, 1.54) is 7.11 Å². The van der Waals surface area contributed by atoms with E-state index >= 15 is 0 Å². The molecule has 19 heavy (non-hydrogen) atoms. The van der Waals surface area contributed by atoms with Crippen LogP contribution in [0.2, 0.25) is 5.02 Å². The van der Waals surface area contributed by atoms with Crippen LogP contribution < -0.4 is 0 Å². The SMILES string of the molecule is COCCN(CCC(=O)OC)Cc1ccc(Cl)cc1. The molecule has 0 fully saturated rings. The molecule has 1 rings (SSSR count). The van der Waals surface area contributed by atoms with E-state index in [1.807, 2.05) is 24.3 Å². The molecule has 0 aliphatic rings. The van der Waals surface area contributed by atoms with E-state index in [1.54, 1.807) is 7.11 Å². The van der Waals surface area contributed by atoms with Crippen molar-refractivity contribution in [1.29, 1.82) is 0 Å². The highest BCUT2D eigenvalue weighted by Crippen LogP contribution is 2.11. The molecule has 0 saturated heterocycles. The van der Waals surface area contributed by atoms with Crippen LogP contribution >= 0.6 is 11.6 Å². The fraction of sp³-hybridized carbons (Fsp3) is 0.500. The van der Waals surface area contributed by atoms with Crippen molar-refractivity contribution < 1.29 is 14.3 Å². The zero-order valence-corrected chi connectivity index (χ0v) is 12.2. The van der Waals surface area contributed by atoms with E-state index in [-0.39, 0.29) is 5.97 Å². The quantitative estimate of drug-likeness (QED) is 0.687. The van der Waals surface area contributed by atoms with Crippen LogP contribution in [-0.2, 0) is 20.8 Å². The number of nitrogens with zero attached hydrogens (tertiary/aromatic N) is 1. The number of benzene rings is 1. The van der Waals surface area contributed by atoms with Crippen LogP contribution in [-0.4, -0.2) is 44.8 Å². The summed E-state index contributed by atoms with van der Waals surface area (Å²) in [5.41, 5.74) is 1.16. The Bertz CT molecular complexity index is 381. The Hall–Kier alpha value is -1.10. The highest BCUT2D eigenvalue weighted by molar-refractivity contribution is 6.30. The van der Waals surface area contributed by atoms with Crippen LogP contribution in [0.3, 0.4) is 0 Å². The highest BCUT2D eigenvalue weighted by atomic mass is 35.5. The third-order valence-corrected chi connectivity index (χ3v) is 3.04. The number of ether oxygens (including phenoxy) is 2. The lowest BCUT2D eigenvalue weighted by atomic mass is 10.2. The molecule has 0 N–H and O–H groups in total. The van der Waals surface area contributed by atoms with E-state index in [2.05, 4.69) is 9.64 Å². The largest absolute Gasteiger partial charge is 0.469 e. The summed E-state index contributed by atoms with van der Waals surface area (Å²) < 4.78 is 9.74. The molecule has 0 heterocycles. The minimum atomic E-state index is -0.196. The first-order valence-corrected chi connectivity index (χ1v) is 6.56. The summed E-state index contributed by atoms with van der Waals surface area (Å²) in [6.07, 6.45) is 0.383. The highest BCUT2D eigenvalue weighted by Gasteiger charge is 2.09. The summed E-state index contributed by atoms with van der Waals surface area (Å²) in [5.74, 6) is -0.196. The van der Waals surface area contributed by atoms with Gasteiger partial charge in [0, 0.05) is 31.8 Å². The van der Waals surface area contributed by atoms with Gasteiger partial charge in [0.25, 0.3) is 0 Å². The van der Waals surface area contributed by atoms with Crippen molar-refractivity contribution in [3.63, 3.8) is 0 Å². The maximum atomic E-state index is 11.2. The molecule has 4 nitrogen and oxygen atoms in total. The summed E-state index contributed by atoms with van der Waals surface area (Å²) in [4.78, 5) is 13.3. The van der Waals surface area contributed by atoms with Gasteiger partial charge in [0.15, 0.2) is 0 Å². The Morgan fingerprint density at radius 2 is 1.89 bits per heavy atom. The molecule has 0 bridgehead atoms. The summed E-state index contributed by atoms with van der Waals surface area (Å²) in [6.45, 7) is 2.82. The Kier molecular flexibility index (Phi) is 7.48. The van der Waals surface area contributed by atoms with E-state index in [9.17, 15) is 4.79 Å². The fourth-order valence-electron chi connectivity index (χ4n) is 1.69. The molecule has 0 aliphatic heterocycles. The van der Waals surface area contributed by atoms with Gasteiger partial charge in [-0.3, -0.25) is 9.69 Å². The van der Waals surface area contributed by atoms with Gasteiger partial charge in [-0.1, -0.05) is 23.7 Å². The molecular formula is C14H20ClNO3. The monoisotopic (exact) mass is 285 g/mol. The molecule has 0 atom stereocenters. The van der Waals surface area contributed by atoms with Crippen molar-refractivity contribution in [2.45, 2.75) is 13.0 Å².